The Hall–Kier alpha value is -0.0800. The monoisotopic (exact) mass is 156 g/mol. The molecule has 1 rings (SSSR count). The summed E-state index contributed by atoms with van der Waals surface area (Å²) in [7, 11) is 0. The van der Waals surface area contributed by atoms with Gasteiger partial charge < -0.3 is 10.2 Å². The number of nitrogens with zero attached hydrogens (tertiary/aromatic N) is 1. The standard InChI is InChI=1S/C9H20N2/c1-4-10-5-9-6-11(7-9)8(2)3/h8-10H,4-7H2,1-3H3. The third kappa shape index (κ3) is 2.46. The molecule has 0 aromatic carbocycles. The summed E-state index contributed by atoms with van der Waals surface area (Å²) in [5.41, 5.74) is 0. The van der Waals surface area contributed by atoms with E-state index in [4.69, 9.17) is 0 Å². The highest BCUT2D eigenvalue weighted by Gasteiger charge is 2.27. The van der Waals surface area contributed by atoms with E-state index in [1.807, 2.05) is 0 Å². The summed E-state index contributed by atoms with van der Waals surface area (Å²) in [6.07, 6.45) is 0. The van der Waals surface area contributed by atoms with Crippen LogP contribution < -0.4 is 5.32 Å². The van der Waals surface area contributed by atoms with Crippen molar-refractivity contribution in [3.8, 4) is 0 Å². The summed E-state index contributed by atoms with van der Waals surface area (Å²) in [6, 6.07) is 0.743. The van der Waals surface area contributed by atoms with Crippen molar-refractivity contribution in [1.29, 1.82) is 0 Å². The predicted molar refractivity (Wildman–Crippen MR) is 48.7 cm³/mol. The van der Waals surface area contributed by atoms with E-state index >= 15 is 0 Å². The van der Waals surface area contributed by atoms with Crippen molar-refractivity contribution in [2.75, 3.05) is 26.2 Å². The van der Waals surface area contributed by atoms with Gasteiger partial charge in [-0.15, -0.1) is 0 Å². The summed E-state index contributed by atoms with van der Waals surface area (Å²) in [5.74, 6) is 0.914. The molecule has 0 unspecified atom stereocenters. The fourth-order valence-electron chi connectivity index (χ4n) is 1.51. The molecule has 0 radical (unpaired) electrons. The van der Waals surface area contributed by atoms with Crippen molar-refractivity contribution in [2.45, 2.75) is 26.8 Å². The zero-order valence-electron chi connectivity index (χ0n) is 7.93. The number of hydrogen-bond donors (Lipinski definition) is 1. The van der Waals surface area contributed by atoms with Crippen molar-refractivity contribution >= 4 is 0 Å². The van der Waals surface area contributed by atoms with Crippen molar-refractivity contribution < 1.29 is 0 Å². The van der Waals surface area contributed by atoms with Gasteiger partial charge in [0.25, 0.3) is 0 Å². The molecule has 0 saturated carbocycles. The van der Waals surface area contributed by atoms with Gasteiger partial charge in [0.1, 0.15) is 0 Å². The molecule has 0 bridgehead atoms. The van der Waals surface area contributed by atoms with Crippen LogP contribution in [-0.4, -0.2) is 37.1 Å². The average molecular weight is 156 g/mol. The molecule has 0 aromatic heterocycles. The molecule has 1 aliphatic rings. The van der Waals surface area contributed by atoms with Crippen LogP contribution in [0.5, 0.6) is 0 Å². The molecule has 11 heavy (non-hydrogen) atoms. The van der Waals surface area contributed by atoms with Gasteiger partial charge in [-0.3, -0.25) is 0 Å². The lowest BCUT2D eigenvalue weighted by molar-refractivity contribution is 0.0680. The van der Waals surface area contributed by atoms with Gasteiger partial charge in [0.15, 0.2) is 0 Å². The summed E-state index contributed by atoms with van der Waals surface area (Å²) < 4.78 is 0. The van der Waals surface area contributed by atoms with Crippen LogP contribution in [-0.2, 0) is 0 Å². The SMILES string of the molecule is CCNCC1CN(C(C)C)C1. The summed E-state index contributed by atoms with van der Waals surface area (Å²) in [4.78, 5) is 2.52. The molecule has 0 amide bonds. The Labute approximate surface area is 70.0 Å². The molecule has 0 spiro atoms. The minimum absolute atomic E-state index is 0.743. The molecule has 1 fully saturated rings. The lowest BCUT2D eigenvalue weighted by Crippen LogP contribution is -2.53. The molecule has 0 atom stereocenters. The van der Waals surface area contributed by atoms with Crippen LogP contribution in [0.25, 0.3) is 0 Å². The maximum absolute atomic E-state index is 3.38. The van der Waals surface area contributed by atoms with E-state index in [-0.39, 0.29) is 0 Å². The van der Waals surface area contributed by atoms with E-state index in [1.54, 1.807) is 0 Å². The molecule has 66 valence electrons. The van der Waals surface area contributed by atoms with Crippen LogP contribution in [0, 0.1) is 5.92 Å². The molecular formula is C9H20N2. The third-order valence-electron chi connectivity index (χ3n) is 2.40. The van der Waals surface area contributed by atoms with Gasteiger partial charge >= 0.3 is 0 Å². The Balaban J connectivity index is 2.00. The van der Waals surface area contributed by atoms with E-state index in [0.717, 1.165) is 18.5 Å². The van der Waals surface area contributed by atoms with Crippen LogP contribution in [0.15, 0.2) is 0 Å². The Bertz CT molecular complexity index is 106. The molecular weight excluding hydrogens is 136 g/mol. The smallest absolute Gasteiger partial charge is 0.00388 e. The maximum atomic E-state index is 3.38. The second-order valence-electron chi connectivity index (χ2n) is 3.72. The lowest BCUT2D eigenvalue weighted by atomic mass is 9.98. The fraction of sp³-hybridized carbons (Fsp3) is 1.00. The quantitative estimate of drug-likeness (QED) is 0.651. The van der Waals surface area contributed by atoms with Crippen LogP contribution in [0.4, 0.5) is 0 Å². The highest BCUT2D eigenvalue weighted by atomic mass is 15.2. The Morgan fingerprint density at radius 1 is 1.45 bits per heavy atom. The Morgan fingerprint density at radius 2 is 2.09 bits per heavy atom. The zero-order valence-corrected chi connectivity index (χ0v) is 7.93. The predicted octanol–water partition coefficient (Wildman–Crippen LogP) is 0.936. The number of nitrogens with one attached hydrogen (secondary N) is 1. The van der Waals surface area contributed by atoms with Gasteiger partial charge in [0.05, 0.1) is 0 Å². The van der Waals surface area contributed by atoms with E-state index in [9.17, 15) is 0 Å². The molecule has 1 N–H and O–H groups in total. The van der Waals surface area contributed by atoms with E-state index in [2.05, 4.69) is 31.0 Å². The first kappa shape index (κ1) is 9.01. The Morgan fingerprint density at radius 3 is 2.55 bits per heavy atom. The average Bonchev–Trinajstić information content (AvgIpc) is 1.84. The molecule has 1 aliphatic heterocycles. The van der Waals surface area contributed by atoms with Crippen LogP contribution >= 0.6 is 0 Å². The number of hydrogen-bond acceptors (Lipinski definition) is 2. The first-order valence-corrected chi connectivity index (χ1v) is 4.68. The molecule has 0 aliphatic carbocycles. The van der Waals surface area contributed by atoms with Gasteiger partial charge in [0, 0.05) is 25.7 Å². The second kappa shape index (κ2) is 4.07. The molecule has 2 heteroatoms. The van der Waals surface area contributed by atoms with Gasteiger partial charge in [-0.2, -0.15) is 0 Å². The van der Waals surface area contributed by atoms with Gasteiger partial charge in [-0.25, -0.2) is 0 Å². The van der Waals surface area contributed by atoms with Crippen molar-refractivity contribution in [3.63, 3.8) is 0 Å². The minimum Gasteiger partial charge on any atom is -0.317 e. The van der Waals surface area contributed by atoms with Crippen molar-refractivity contribution in [1.82, 2.24) is 10.2 Å². The molecule has 2 nitrogen and oxygen atoms in total. The first-order valence-electron chi connectivity index (χ1n) is 4.68. The van der Waals surface area contributed by atoms with E-state index in [1.165, 1.54) is 19.6 Å². The highest BCUT2D eigenvalue weighted by molar-refractivity contribution is 4.82. The molecule has 1 saturated heterocycles. The number of rotatable bonds is 4. The summed E-state index contributed by atoms with van der Waals surface area (Å²) in [6.45, 7) is 11.6. The van der Waals surface area contributed by atoms with E-state index < -0.39 is 0 Å². The van der Waals surface area contributed by atoms with E-state index in [0.29, 0.717) is 0 Å². The maximum Gasteiger partial charge on any atom is 0.00388 e. The van der Waals surface area contributed by atoms with Gasteiger partial charge in [0.2, 0.25) is 0 Å². The van der Waals surface area contributed by atoms with Crippen molar-refractivity contribution in [3.05, 3.63) is 0 Å². The second-order valence-corrected chi connectivity index (χ2v) is 3.72. The largest absolute Gasteiger partial charge is 0.317 e. The minimum atomic E-state index is 0.743. The van der Waals surface area contributed by atoms with Crippen LogP contribution in [0.2, 0.25) is 0 Å². The zero-order chi connectivity index (χ0) is 8.27. The topological polar surface area (TPSA) is 15.3 Å². The summed E-state index contributed by atoms with van der Waals surface area (Å²) >= 11 is 0. The Kier molecular flexibility index (Phi) is 3.34. The lowest BCUT2D eigenvalue weighted by Gasteiger charge is -2.42. The fourth-order valence-corrected chi connectivity index (χ4v) is 1.51. The van der Waals surface area contributed by atoms with Gasteiger partial charge in [-0.1, -0.05) is 6.92 Å². The highest BCUT2D eigenvalue weighted by Crippen LogP contribution is 2.16. The third-order valence-corrected chi connectivity index (χ3v) is 2.40. The van der Waals surface area contributed by atoms with Crippen molar-refractivity contribution in [2.24, 2.45) is 5.92 Å². The van der Waals surface area contributed by atoms with Gasteiger partial charge in [-0.05, 0) is 26.3 Å². The van der Waals surface area contributed by atoms with Crippen LogP contribution in [0.1, 0.15) is 20.8 Å². The first-order chi connectivity index (χ1) is 5.24. The summed E-state index contributed by atoms with van der Waals surface area (Å²) in [5, 5.41) is 3.38. The molecule has 1 heterocycles. The molecule has 0 aromatic rings. The number of likely N-dealkylation sites (tertiary alicyclic amines) is 1. The van der Waals surface area contributed by atoms with Crippen LogP contribution in [0.3, 0.4) is 0 Å². The normalized spacial score (nSPS) is 20.7.